The first-order chi connectivity index (χ1) is 22.0. The molecule has 7 heteroatoms. The lowest BCUT2D eigenvalue weighted by Gasteiger charge is -2.35. The number of carbonyl (C=O) groups is 3. The number of rotatable bonds is 13. The van der Waals surface area contributed by atoms with E-state index in [1.807, 2.05) is 117 Å². The van der Waals surface area contributed by atoms with E-state index in [0.29, 0.717) is 24.8 Å². The predicted octanol–water partition coefficient (Wildman–Crippen LogP) is 5.32. The Morgan fingerprint density at radius 3 is 1.91 bits per heavy atom. The number of hydrogen-bond acceptors (Lipinski definition) is 4. The maximum Gasteiger partial charge on any atom is 0.250 e. The third kappa shape index (κ3) is 9.14. The van der Waals surface area contributed by atoms with Crippen LogP contribution in [0.4, 0.5) is 0 Å². The van der Waals surface area contributed by atoms with Crippen LogP contribution >= 0.6 is 0 Å². The van der Waals surface area contributed by atoms with Crippen molar-refractivity contribution in [1.82, 2.24) is 15.1 Å². The molecule has 240 valence electrons. The predicted molar refractivity (Wildman–Crippen MR) is 186 cm³/mol. The Morgan fingerprint density at radius 2 is 1.30 bits per heavy atom. The average molecular weight is 619 g/mol. The lowest BCUT2D eigenvalue weighted by Crippen LogP contribution is -2.56. The third-order valence-electron chi connectivity index (χ3n) is 8.34. The van der Waals surface area contributed by atoms with Crippen LogP contribution in [-0.2, 0) is 33.6 Å². The number of nitrogens with two attached hydrogens (primary N) is 1. The van der Waals surface area contributed by atoms with Gasteiger partial charge < -0.3 is 20.9 Å². The van der Waals surface area contributed by atoms with Crippen LogP contribution in [0.1, 0.15) is 37.0 Å². The smallest absolute Gasteiger partial charge is 0.250 e. The van der Waals surface area contributed by atoms with Gasteiger partial charge in [-0.2, -0.15) is 0 Å². The van der Waals surface area contributed by atoms with Crippen molar-refractivity contribution in [2.24, 2.45) is 5.73 Å². The van der Waals surface area contributed by atoms with Crippen LogP contribution in [0, 0.1) is 0 Å². The van der Waals surface area contributed by atoms with E-state index in [2.05, 4.69) is 11.4 Å². The van der Waals surface area contributed by atoms with Crippen molar-refractivity contribution in [3.8, 4) is 0 Å². The first-order valence-corrected chi connectivity index (χ1v) is 15.8. The summed E-state index contributed by atoms with van der Waals surface area (Å²) in [6, 6.07) is 31.9. The van der Waals surface area contributed by atoms with Gasteiger partial charge in [0.05, 0.1) is 0 Å². The quantitative estimate of drug-likeness (QED) is 0.198. The Bertz CT molecular complexity index is 1660. The Balaban J connectivity index is 1.72. The summed E-state index contributed by atoms with van der Waals surface area (Å²) in [6.45, 7) is 3.84. The van der Waals surface area contributed by atoms with Crippen LogP contribution in [0.25, 0.3) is 10.8 Å². The fraction of sp³-hybridized carbons (Fsp3) is 0.308. The molecule has 2 atom stereocenters. The van der Waals surface area contributed by atoms with E-state index >= 15 is 0 Å². The molecule has 0 aliphatic carbocycles. The molecule has 2 unspecified atom stereocenters. The molecule has 4 aromatic carbocycles. The highest BCUT2D eigenvalue weighted by Crippen LogP contribution is 2.22. The first-order valence-electron chi connectivity index (χ1n) is 15.8. The lowest BCUT2D eigenvalue weighted by atomic mass is 9.95. The van der Waals surface area contributed by atoms with Gasteiger partial charge >= 0.3 is 0 Å². The second kappa shape index (κ2) is 15.5. The molecule has 3 N–H and O–H groups in total. The standard InChI is InChI=1S/C39H46N4O3/c1-39(2,40)23-22-33(24-28-14-8-6-9-15-28)37(45)43(5)35(27-30-20-21-31-18-12-13-19-32(31)25-30)38(46)42(4)34(36(44)41-3)26-29-16-10-7-11-17-29/h6-22,25,34-35H,23-24,26-27,40H2,1-5H3,(H,41,44)/b33-22+. The Labute approximate surface area is 273 Å². The minimum atomic E-state index is -0.869. The van der Waals surface area contributed by atoms with Gasteiger partial charge in [0.15, 0.2) is 0 Å². The second-order valence-electron chi connectivity index (χ2n) is 12.7. The molecule has 0 heterocycles. The van der Waals surface area contributed by atoms with Crippen LogP contribution in [0.15, 0.2) is 115 Å². The molecule has 0 bridgehead atoms. The van der Waals surface area contributed by atoms with Crippen LogP contribution in [-0.4, -0.2) is 66.3 Å². The van der Waals surface area contributed by atoms with E-state index in [1.165, 1.54) is 9.80 Å². The molecule has 0 saturated carbocycles. The third-order valence-corrected chi connectivity index (χ3v) is 8.34. The van der Waals surface area contributed by atoms with E-state index in [-0.39, 0.29) is 24.1 Å². The van der Waals surface area contributed by atoms with Crippen LogP contribution in [0.3, 0.4) is 0 Å². The van der Waals surface area contributed by atoms with Gasteiger partial charge in [0.1, 0.15) is 12.1 Å². The second-order valence-corrected chi connectivity index (χ2v) is 12.7. The molecule has 0 aliphatic rings. The van der Waals surface area contributed by atoms with E-state index in [0.717, 1.165) is 27.5 Å². The summed E-state index contributed by atoms with van der Waals surface area (Å²) in [6.07, 6.45) is 3.42. The Morgan fingerprint density at radius 1 is 0.739 bits per heavy atom. The molecule has 0 saturated heterocycles. The Kier molecular flexibility index (Phi) is 11.5. The molecular weight excluding hydrogens is 572 g/mol. The van der Waals surface area contributed by atoms with Gasteiger partial charge in [-0.3, -0.25) is 14.4 Å². The molecule has 3 amide bonds. The summed E-state index contributed by atoms with van der Waals surface area (Å²) in [7, 11) is 4.90. The normalized spacial score (nSPS) is 13.1. The Hall–Kier alpha value is -4.75. The highest BCUT2D eigenvalue weighted by atomic mass is 16.2. The molecule has 0 aliphatic heterocycles. The van der Waals surface area contributed by atoms with Gasteiger partial charge in [-0.15, -0.1) is 0 Å². The number of fused-ring (bicyclic) bond motifs is 1. The average Bonchev–Trinajstić information content (AvgIpc) is 3.06. The maximum absolute atomic E-state index is 14.5. The number of benzene rings is 4. The molecular formula is C39H46N4O3. The summed E-state index contributed by atoms with van der Waals surface area (Å²) in [5, 5.41) is 4.87. The van der Waals surface area contributed by atoms with Gasteiger partial charge in [-0.1, -0.05) is 109 Å². The van der Waals surface area contributed by atoms with Gasteiger partial charge in [-0.05, 0) is 47.7 Å². The monoisotopic (exact) mass is 618 g/mol. The van der Waals surface area contributed by atoms with Gasteiger partial charge in [0, 0.05) is 51.5 Å². The summed E-state index contributed by atoms with van der Waals surface area (Å²) >= 11 is 0. The fourth-order valence-corrected chi connectivity index (χ4v) is 5.58. The van der Waals surface area contributed by atoms with Crippen molar-refractivity contribution < 1.29 is 14.4 Å². The molecule has 0 fully saturated rings. The summed E-state index contributed by atoms with van der Waals surface area (Å²) in [5.41, 5.74) is 9.21. The first kappa shape index (κ1) is 34.1. The van der Waals surface area contributed by atoms with Crippen molar-refractivity contribution >= 4 is 28.5 Å². The lowest BCUT2D eigenvalue weighted by molar-refractivity contribution is -0.146. The fourth-order valence-electron chi connectivity index (χ4n) is 5.58. The van der Waals surface area contributed by atoms with Crippen molar-refractivity contribution in [2.75, 3.05) is 21.1 Å². The number of nitrogens with one attached hydrogen (secondary N) is 1. The molecule has 0 spiro atoms. The molecule has 7 nitrogen and oxygen atoms in total. The summed E-state index contributed by atoms with van der Waals surface area (Å²) in [5.74, 6) is -0.833. The van der Waals surface area contributed by atoms with Crippen molar-refractivity contribution in [3.63, 3.8) is 0 Å². The largest absolute Gasteiger partial charge is 0.357 e. The minimum absolute atomic E-state index is 0.250. The van der Waals surface area contributed by atoms with E-state index in [9.17, 15) is 14.4 Å². The van der Waals surface area contributed by atoms with Gasteiger partial charge in [-0.25, -0.2) is 0 Å². The maximum atomic E-state index is 14.5. The highest BCUT2D eigenvalue weighted by Gasteiger charge is 2.35. The van der Waals surface area contributed by atoms with Crippen LogP contribution in [0.5, 0.6) is 0 Å². The molecule has 0 aromatic heterocycles. The number of nitrogens with zero attached hydrogens (tertiary/aromatic N) is 2. The zero-order valence-electron chi connectivity index (χ0n) is 27.6. The number of likely N-dealkylation sites (N-methyl/N-ethyl adjacent to an activating group) is 3. The van der Waals surface area contributed by atoms with E-state index < -0.39 is 17.6 Å². The summed E-state index contributed by atoms with van der Waals surface area (Å²) in [4.78, 5) is 45.1. The zero-order valence-corrected chi connectivity index (χ0v) is 27.6. The summed E-state index contributed by atoms with van der Waals surface area (Å²) < 4.78 is 0. The molecule has 46 heavy (non-hydrogen) atoms. The van der Waals surface area contributed by atoms with Gasteiger partial charge in [0.25, 0.3) is 0 Å². The van der Waals surface area contributed by atoms with Gasteiger partial charge in [0.2, 0.25) is 17.7 Å². The molecule has 4 aromatic rings. The van der Waals surface area contributed by atoms with Crippen molar-refractivity contribution in [3.05, 3.63) is 131 Å². The molecule has 4 rings (SSSR count). The van der Waals surface area contributed by atoms with Crippen molar-refractivity contribution in [2.45, 2.75) is 57.2 Å². The van der Waals surface area contributed by atoms with Crippen molar-refractivity contribution in [1.29, 1.82) is 0 Å². The van der Waals surface area contributed by atoms with Crippen LogP contribution < -0.4 is 11.1 Å². The topological polar surface area (TPSA) is 95.7 Å². The highest BCUT2D eigenvalue weighted by molar-refractivity contribution is 5.98. The van der Waals surface area contributed by atoms with E-state index in [4.69, 9.17) is 5.73 Å². The minimum Gasteiger partial charge on any atom is -0.357 e. The molecule has 0 radical (unpaired) electrons. The number of hydrogen-bond donors (Lipinski definition) is 2. The van der Waals surface area contributed by atoms with E-state index in [1.54, 1.807) is 21.1 Å². The zero-order chi connectivity index (χ0) is 33.3. The number of carbonyl (C=O) groups excluding carboxylic acids is 3. The SMILES string of the molecule is CNC(=O)C(Cc1ccccc1)N(C)C(=O)C(Cc1ccc2ccccc2c1)N(C)C(=O)/C(=C/CC(C)(C)N)Cc1ccccc1. The van der Waals surface area contributed by atoms with Crippen LogP contribution in [0.2, 0.25) is 0 Å². The number of amides is 3.